The molecule has 1 heterocycles. The molecule has 0 aliphatic carbocycles. The van der Waals surface area contributed by atoms with Crippen molar-refractivity contribution >= 4 is 15.9 Å². The molecule has 0 saturated heterocycles. The van der Waals surface area contributed by atoms with Gasteiger partial charge in [-0.3, -0.25) is 0 Å². The van der Waals surface area contributed by atoms with Crippen LogP contribution < -0.4 is 0 Å². The molecule has 0 saturated carbocycles. The second kappa shape index (κ2) is 4.94. The van der Waals surface area contributed by atoms with Gasteiger partial charge in [0.2, 0.25) is 0 Å². The van der Waals surface area contributed by atoms with Gasteiger partial charge in [0.25, 0.3) is 0 Å². The Morgan fingerprint density at radius 1 is 1.07 bits per heavy atom. The van der Waals surface area contributed by atoms with Gasteiger partial charge in [0.15, 0.2) is 0 Å². The summed E-state index contributed by atoms with van der Waals surface area (Å²) in [5.74, 6) is 0. The number of hydrogen-bond acceptors (Lipinski definition) is 1. The second-order valence-electron chi connectivity index (χ2n) is 3.80. The van der Waals surface area contributed by atoms with E-state index in [9.17, 15) is 0 Å². The maximum Gasteiger partial charge on any atom is 0.0159 e. The van der Waals surface area contributed by atoms with Crippen molar-refractivity contribution in [2.24, 2.45) is 0 Å². The molecule has 0 radical (unpaired) electrons. The van der Waals surface area contributed by atoms with Crippen LogP contribution in [0.4, 0.5) is 0 Å². The first-order valence-electron chi connectivity index (χ1n) is 5.25. The van der Waals surface area contributed by atoms with E-state index in [0.29, 0.717) is 0 Å². The number of benzene rings is 1. The summed E-state index contributed by atoms with van der Waals surface area (Å²) in [6.07, 6.45) is 2.42. The first kappa shape index (κ1) is 10.2. The zero-order valence-electron chi connectivity index (χ0n) is 8.38. The lowest BCUT2D eigenvalue weighted by atomic mass is 10.0. The maximum atomic E-state index is 3.50. The summed E-state index contributed by atoms with van der Waals surface area (Å²) < 4.78 is 0. The highest BCUT2D eigenvalue weighted by molar-refractivity contribution is 9.09. The van der Waals surface area contributed by atoms with E-state index in [1.807, 2.05) is 0 Å². The van der Waals surface area contributed by atoms with Gasteiger partial charge in [-0.1, -0.05) is 40.2 Å². The molecule has 0 aromatic heterocycles. The molecule has 0 spiro atoms. The fourth-order valence-electron chi connectivity index (χ4n) is 2.06. The van der Waals surface area contributed by atoms with Gasteiger partial charge in [-0.25, -0.2) is 0 Å². The Balaban J connectivity index is 2.06. The Morgan fingerprint density at radius 3 is 2.14 bits per heavy atom. The molecule has 0 N–H and O–H groups in total. The normalized spacial score (nSPS) is 17.5. The number of fused-ring (bicyclic) bond motifs is 1. The van der Waals surface area contributed by atoms with Gasteiger partial charge in [0.05, 0.1) is 0 Å². The number of halogens is 1. The SMILES string of the molecule is BrCCN1CCc2ccccc2CC1. The molecule has 1 nitrogen and oxygen atoms in total. The summed E-state index contributed by atoms with van der Waals surface area (Å²) >= 11 is 3.50. The highest BCUT2D eigenvalue weighted by Crippen LogP contribution is 2.15. The van der Waals surface area contributed by atoms with Crippen molar-refractivity contribution in [1.29, 1.82) is 0 Å². The van der Waals surface area contributed by atoms with Crippen LogP contribution in [0.3, 0.4) is 0 Å². The van der Waals surface area contributed by atoms with Crippen molar-refractivity contribution in [3.05, 3.63) is 35.4 Å². The molecule has 0 atom stereocenters. The predicted octanol–water partition coefficient (Wildman–Crippen LogP) is 2.48. The highest BCUT2D eigenvalue weighted by Gasteiger charge is 2.11. The van der Waals surface area contributed by atoms with Crippen molar-refractivity contribution in [2.75, 3.05) is 25.0 Å². The van der Waals surface area contributed by atoms with Gasteiger partial charge in [0, 0.05) is 25.0 Å². The standard InChI is InChI=1S/C12H16BrN/c13-7-10-14-8-5-11-3-1-2-4-12(11)6-9-14/h1-4H,5-10H2. The molecule has 0 fully saturated rings. The minimum Gasteiger partial charge on any atom is -0.302 e. The maximum absolute atomic E-state index is 3.50. The molecule has 1 aliphatic heterocycles. The molecular formula is C12H16BrN. The molecule has 1 aliphatic rings. The van der Waals surface area contributed by atoms with E-state index in [2.05, 4.69) is 45.1 Å². The average molecular weight is 254 g/mol. The summed E-state index contributed by atoms with van der Waals surface area (Å²) in [5.41, 5.74) is 3.09. The van der Waals surface area contributed by atoms with E-state index in [1.54, 1.807) is 11.1 Å². The number of rotatable bonds is 2. The first-order valence-corrected chi connectivity index (χ1v) is 6.37. The monoisotopic (exact) mass is 253 g/mol. The third-order valence-corrected chi connectivity index (χ3v) is 3.27. The lowest BCUT2D eigenvalue weighted by Gasteiger charge is -2.17. The van der Waals surface area contributed by atoms with E-state index in [0.717, 1.165) is 5.33 Å². The Morgan fingerprint density at radius 2 is 1.64 bits per heavy atom. The molecule has 2 rings (SSSR count). The molecule has 1 aromatic rings. The largest absolute Gasteiger partial charge is 0.302 e. The number of hydrogen-bond donors (Lipinski definition) is 0. The molecule has 1 aromatic carbocycles. The fraction of sp³-hybridized carbons (Fsp3) is 0.500. The highest BCUT2D eigenvalue weighted by atomic mass is 79.9. The van der Waals surface area contributed by atoms with Gasteiger partial charge in [-0.15, -0.1) is 0 Å². The van der Waals surface area contributed by atoms with Crippen molar-refractivity contribution in [2.45, 2.75) is 12.8 Å². The lowest BCUT2D eigenvalue weighted by molar-refractivity contribution is 0.306. The van der Waals surface area contributed by atoms with Crippen molar-refractivity contribution in [1.82, 2.24) is 4.90 Å². The summed E-state index contributed by atoms with van der Waals surface area (Å²) in [6, 6.07) is 8.85. The van der Waals surface area contributed by atoms with E-state index in [1.165, 1.54) is 32.5 Å². The van der Waals surface area contributed by atoms with Crippen LogP contribution in [0, 0.1) is 0 Å². The van der Waals surface area contributed by atoms with Crippen LogP contribution in [-0.2, 0) is 12.8 Å². The van der Waals surface area contributed by atoms with Crippen LogP contribution in [0.5, 0.6) is 0 Å². The third-order valence-electron chi connectivity index (χ3n) is 2.91. The summed E-state index contributed by atoms with van der Waals surface area (Å²) in [6.45, 7) is 3.60. The van der Waals surface area contributed by atoms with Crippen LogP contribution in [-0.4, -0.2) is 29.9 Å². The van der Waals surface area contributed by atoms with E-state index < -0.39 is 0 Å². The van der Waals surface area contributed by atoms with Crippen molar-refractivity contribution in [3.63, 3.8) is 0 Å². The Labute approximate surface area is 94.2 Å². The van der Waals surface area contributed by atoms with Gasteiger partial charge >= 0.3 is 0 Å². The Hall–Kier alpha value is -0.340. The van der Waals surface area contributed by atoms with Crippen LogP contribution in [0.15, 0.2) is 24.3 Å². The fourth-order valence-corrected chi connectivity index (χ4v) is 2.56. The molecule has 0 amide bonds. The first-order chi connectivity index (χ1) is 6.90. The molecule has 14 heavy (non-hydrogen) atoms. The van der Waals surface area contributed by atoms with E-state index in [-0.39, 0.29) is 0 Å². The van der Waals surface area contributed by atoms with E-state index >= 15 is 0 Å². The van der Waals surface area contributed by atoms with Crippen LogP contribution in [0.1, 0.15) is 11.1 Å². The van der Waals surface area contributed by atoms with Gasteiger partial charge in [0.1, 0.15) is 0 Å². The molecule has 2 heteroatoms. The average Bonchev–Trinajstić information content (AvgIpc) is 2.42. The van der Waals surface area contributed by atoms with Gasteiger partial charge in [-0.2, -0.15) is 0 Å². The summed E-state index contributed by atoms with van der Waals surface area (Å²) in [4.78, 5) is 2.54. The molecule has 0 unspecified atom stereocenters. The lowest BCUT2D eigenvalue weighted by Crippen LogP contribution is -2.28. The third kappa shape index (κ3) is 2.37. The smallest absolute Gasteiger partial charge is 0.0159 e. The molecule has 76 valence electrons. The van der Waals surface area contributed by atoms with Crippen LogP contribution in [0.2, 0.25) is 0 Å². The Bertz CT molecular complexity index is 271. The number of alkyl halides is 1. The quantitative estimate of drug-likeness (QED) is 0.733. The van der Waals surface area contributed by atoms with Crippen molar-refractivity contribution < 1.29 is 0 Å². The van der Waals surface area contributed by atoms with Gasteiger partial charge in [-0.05, 0) is 24.0 Å². The topological polar surface area (TPSA) is 3.24 Å². The zero-order valence-corrected chi connectivity index (χ0v) is 9.96. The minimum atomic E-state index is 1.09. The van der Waals surface area contributed by atoms with Gasteiger partial charge < -0.3 is 4.90 Å². The van der Waals surface area contributed by atoms with Crippen LogP contribution in [0.25, 0.3) is 0 Å². The predicted molar refractivity (Wildman–Crippen MR) is 64.1 cm³/mol. The summed E-state index contributed by atoms with van der Waals surface area (Å²) in [5, 5.41) is 1.09. The summed E-state index contributed by atoms with van der Waals surface area (Å²) in [7, 11) is 0. The van der Waals surface area contributed by atoms with Crippen molar-refractivity contribution in [3.8, 4) is 0 Å². The Kier molecular flexibility index (Phi) is 3.60. The molecule has 0 bridgehead atoms. The van der Waals surface area contributed by atoms with E-state index in [4.69, 9.17) is 0 Å². The number of nitrogens with zero attached hydrogens (tertiary/aromatic N) is 1. The molecular weight excluding hydrogens is 238 g/mol. The zero-order chi connectivity index (χ0) is 9.80. The minimum absolute atomic E-state index is 1.09. The van der Waals surface area contributed by atoms with Crippen LogP contribution >= 0.6 is 15.9 Å². The second-order valence-corrected chi connectivity index (χ2v) is 4.59.